The molecule has 0 aromatic heterocycles. The van der Waals surface area contributed by atoms with E-state index >= 15 is 0 Å². The molecule has 0 aliphatic carbocycles. The number of hydrogen-bond acceptors (Lipinski definition) is 4. The molecule has 1 N–H and O–H groups in total. The Balaban J connectivity index is 1.83. The van der Waals surface area contributed by atoms with E-state index in [9.17, 15) is 4.79 Å². The third kappa shape index (κ3) is 4.92. The van der Waals surface area contributed by atoms with Crippen LogP contribution in [0.25, 0.3) is 0 Å². The second-order valence-electron chi connectivity index (χ2n) is 5.09. The Labute approximate surface area is 136 Å². The minimum atomic E-state index is -0.140. The molecule has 2 rings (SSSR count). The van der Waals surface area contributed by atoms with Crippen LogP contribution in [0.3, 0.4) is 0 Å². The average Bonchev–Trinajstić information content (AvgIpc) is 2.60. The Morgan fingerprint density at radius 3 is 1.91 bits per heavy atom. The van der Waals surface area contributed by atoms with Gasteiger partial charge in [0.15, 0.2) is 0 Å². The topological polar surface area (TPSA) is 56.8 Å². The lowest BCUT2D eigenvalue weighted by Gasteiger charge is -2.15. The molecule has 0 spiro atoms. The van der Waals surface area contributed by atoms with Gasteiger partial charge in [0.05, 0.1) is 20.3 Å². The van der Waals surface area contributed by atoms with Gasteiger partial charge < -0.3 is 19.5 Å². The summed E-state index contributed by atoms with van der Waals surface area (Å²) in [5.74, 6) is 2.09. The van der Waals surface area contributed by atoms with Crippen LogP contribution >= 0.6 is 0 Å². The van der Waals surface area contributed by atoms with E-state index in [1.807, 2.05) is 31.2 Å². The zero-order chi connectivity index (χ0) is 16.7. The monoisotopic (exact) mass is 315 g/mol. The van der Waals surface area contributed by atoms with E-state index < -0.39 is 0 Å². The molecule has 2 aromatic rings. The van der Waals surface area contributed by atoms with E-state index in [2.05, 4.69) is 5.32 Å². The summed E-state index contributed by atoms with van der Waals surface area (Å²) in [5, 5.41) is 2.90. The molecule has 0 heterocycles. The van der Waals surface area contributed by atoms with Crippen molar-refractivity contribution in [1.82, 2.24) is 5.32 Å². The number of ether oxygens (including phenoxy) is 3. The third-order valence-corrected chi connectivity index (χ3v) is 3.29. The SMILES string of the molecule is COc1ccc(OC[C@@H](C)NC(=O)c2ccc(OC)cc2)cc1. The fourth-order valence-corrected chi connectivity index (χ4v) is 1.98. The molecule has 0 unspecified atom stereocenters. The molecule has 5 heteroatoms. The minimum Gasteiger partial charge on any atom is -0.497 e. The largest absolute Gasteiger partial charge is 0.497 e. The standard InChI is InChI=1S/C18H21NO4/c1-13(12-23-17-10-8-16(22-3)9-11-17)19-18(20)14-4-6-15(21-2)7-5-14/h4-11,13H,12H2,1-3H3,(H,19,20)/t13-/m1/s1. The molecule has 0 saturated carbocycles. The highest BCUT2D eigenvalue weighted by atomic mass is 16.5. The Morgan fingerprint density at radius 1 is 0.913 bits per heavy atom. The third-order valence-electron chi connectivity index (χ3n) is 3.29. The molecule has 1 amide bonds. The van der Waals surface area contributed by atoms with Gasteiger partial charge in [-0.3, -0.25) is 4.79 Å². The summed E-state index contributed by atoms with van der Waals surface area (Å²) in [7, 11) is 3.21. The van der Waals surface area contributed by atoms with Crippen molar-refractivity contribution in [1.29, 1.82) is 0 Å². The number of methoxy groups -OCH3 is 2. The fraction of sp³-hybridized carbons (Fsp3) is 0.278. The molecule has 0 fully saturated rings. The van der Waals surface area contributed by atoms with Crippen molar-refractivity contribution in [3.63, 3.8) is 0 Å². The van der Waals surface area contributed by atoms with Crippen LogP contribution in [0.4, 0.5) is 0 Å². The first-order valence-electron chi connectivity index (χ1n) is 7.34. The van der Waals surface area contributed by atoms with E-state index in [-0.39, 0.29) is 11.9 Å². The number of nitrogens with one attached hydrogen (secondary N) is 1. The minimum absolute atomic E-state index is 0.119. The summed E-state index contributed by atoms with van der Waals surface area (Å²) in [6, 6.07) is 14.2. The van der Waals surface area contributed by atoms with Crippen molar-refractivity contribution in [2.45, 2.75) is 13.0 Å². The van der Waals surface area contributed by atoms with Crippen LogP contribution in [0.1, 0.15) is 17.3 Å². The van der Waals surface area contributed by atoms with Crippen LogP contribution in [0.5, 0.6) is 17.2 Å². The van der Waals surface area contributed by atoms with Crippen molar-refractivity contribution >= 4 is 5.91 Å². The summed E-state index contributed by atoms with van der Waals surface area (Å²) in [5.41, 5.74) is 0.585. The quantitative estimate of drug-likeness (QED) is 0.853. The van der Waals surface area contributed by atoms with Crippen molar-refractivity contribution in [3.8, 4) is 17.2 Å². The van der Waals surface area contributed by atoms with Crippen LogP contribution in [0.15, 0.2) is 48.5 Å². The molecular weight excluding hydrogens is 294 g/mol. The van der Waals surface area contributed by atoms with Crippen molar-refractivity contribution < 1.29 is 19.0 Å². The Kier molecular flexibility index (Phi) is 5.86. The van der Waals surface area contributed by atoms with E-state index in [1.165, 1.54) is 0 Å². The molecule has 1 atom stereocenters. The molecule has 0 radical (unpaired) electrons. The van der Waals surface area contributed by atoms with Crippen molar-refractivity contribution in [2.24, 2.45) is 0 Å². The lowest BCUT2D eigenvalue weighted by atomic mass is 10.2. The van der Waals surface area contributed by atoms with Gasteiger partial charge in [-0.05, 0) is 55.5 Å². The van der Waals surface area contributed by atoms with Gasteiger partial charge in [-0.2, -0.15) is 0 Å². The lowest BCUT2D eigenvalue weighted by Crippen LogP contribution is -2.36. The molecule has 0 aliphatic heterocycles. The van der Waals surface area contributed by atoms with E-state index in [0.29, 0.717) is 12.2 Å². The van der Waals surface area contributed by atoms with Gasteiger partial charge in [-0.1, -0.05) is 0 Å². The van der Waals surface area contributed by atoms with E-state index in [0.717, 1.165) is 17.2 Å². The second kappa shape index (κ2) is 8.08. The first kappa shape index (κ1) is 16.7. The van der Waals surface area contributed by atoms with Crippen molar-refractivity contribution in [3.05, 3.63) is 54.1 Å². The van der Waals surface area contributed by atoms with E-state index in [4.69, 9.17) is 14.2 Å². The number of carbonyl (C=O) groups excluding carboxylic acids is 1. The van der Waals surface area contributed by atoms with Crippen LogP contribution in [0, 0.1) is 0 Å². The average molecular weight is 315 g/mol. The number of carbonyl (C=O) groups is 1. The summed E-state index contributed by atoms with van der Waals surface area (Å²) in [4.78, 5) is 12.1. The maximum absolute atomic E-state index is 12.1. The molecular formula is C18H21NO4. The van der Waals surface area contributed by atoms with Gasteiger partial charge >= 0.3 is 0 Å². The lowest BCUT2D eigenvalue weighted by molar-refractivity contribution is 0.0926. The van der Waals surface area contributed by atoms with Gasteiger partial charge in [-0.25, -0.2) is 0 Å². The maximum Gasteiger partial charge on any atom is 0.251 e. The number of hydrogen-bond donors (Lipinski definition) is 1. The second-order valence-corrected chi connectivity index (χ2v) is 5.09. The van der Waals surface area contributed by atoms with Crippen LogP contribution in [0.2, 0.25) is 0 Å². The number of amides is 1. The summed E-state index contributed by atoms with van der Waals surface area (Å²) < 4.78 is 15.8. The van der Waals surface area contributed by atoms with Crippen molar-refractivity contribution in [2.75, 3.05) is 20.8 Å². The van der Waals surface area contributed by atoms with Gasteiger partial charge in [0.1, 0.15) is 23.9 Å². The highest BCUT2D eigenvalue weighted by molar-refractivity contribution is 5.94. The predicted molar refractivity (Wildman–Crippen MR) is 88.4 cm³/mol. The smallest absolute Gasteiger partial charge is 0.251 e. The summed E-state index contributed by atoms with van der Waals surface area (Å²) in [6.45, 7) is 2.28. The maximum atomic E-state index is 12.1. The molecule has 2 aromatic carbocycles. The Hall–Kier alpha value is -2.69. The summed E-state index contributed by atoms with van der Waals surface area (Å²) in [6.07, 6.45) is 0. The normalized spacial score (nSPS) is 11.4. The van der Waals surface area contributed by atoms with Gasteiger partial charge in [-0.15, -0.1) is 0 Å². The summed E-state index contributed by atoms with van der Waals surface area (Å²) >= 11 is 0. The molecule has 0 bridgehead atoms. The molecule has 122 valence electrons. The fourth-order valence-electron chi connectivity index (χ4n) is 1.98. The zero-order valence-electron chi connectivity index (χ0n) is 13.5. The Bertz CT molecular complexity index is 622. The first-order chi connectivity index (χ1) is 11.1. The molecule has 0 saturated heterocycles. The Morgan fingerprint density at radius 2 is 1.39 bits per heavy atom. The molecule has 5 nitrogen and oxygen atoms in total. The molecule has 23 heavy (non-hydrogen) atoms. The predicted octanol–water partition coefficient (Wildman–Crippen LogP) is 2.90. The van der Waals surface area contributed by atoms with Gasteiger partial charge in [0, 0.05) is 5.56 Å². The number of benzene rings is 2. The van der Waals surface area contributed by atoms with Gasteiger partial charge in [0.2, 0.25) is 0 Å². The molecule has 0 aliphatic rings. The van der Waals surface area contributed by atoms with Crippen LogP contribution in [-0.4, -0.2) is 32.8 Å². The van der Waals surface area contributed by atoms with Crippen LogP contribution in [-0.2, 0) is 0 Å². The van der Waals surface area contributed by atoms with E-state index in [1.54, 1.807) is 38.5 Å². The highest BCUT2D eigenvalue weighted by Gasteiger charge is 2.10. The van der Waals surface area contributed by atoms with Crippen LogP contribution < -0.4 is 19.5 Å². The first-order valence-corrected chi connectivity index (χ1v) is 7.34. The van der Waals surface area contributed by atoms with Gasteiger partial charge in [0.25, 0.3) is 5.91 Å². The number of rotatable bonds is 7. The zero-order valence-corrected chi connectivity index (χ0v) is 13.5. The highest BCUT2D eigenvalue weighted by Crippen LogP contribution is 2.17.